The lowest BCUT2D eigenvalue weighted by Crippen LogP contribution is -2.50. The van der Waals surface area contributed by atoms with Crippen molar-refractivity contribution >= 4 is 40.7 Å². The summed E-state index contributed by atoms with van der Waals surface area (Å²) in [5, 5.41) is 0. The summed E-state index contributed by atoms with van der Waals surface area (Å²) in [6, 6.07) is 15.2. The van der Waals surface area contributed by atoms with Gasteiger partial charge in [-0.25, -0.2) is 0 Å². The fourth-order valence-corrected chi connectivity index (χ4v) is 4.60. The van der Waals surface area contributed by atoms with Gasteiger partial charge in [-0.05, 0) is 55.2 Å². The average molecular weight is 440 g/mol. The number of alkyl halides is 1. The minimum absolute atomic E-state index is 0.0262. The first-order valence-corrected chi connectivity index (χ1v) is 11.1. The third-order valence-corrected chi connectivity index (χ3v) is 6.46. The molecule has 0 aromatic heterocycles. The molecule has 0 spiro atoms. The summed E-state index contributed by atoms with van der Waals surface area (Å²) in [6.45, 7) is 1.23. The van der Waals surface area contributed by atoms with Crippen LogP contribution in [0.2, 0.25) is 0 Å². The largest absolute Gasteiger partial charge is 0.338 e. The Morgan fingerprint density at radius 2 is 1.71 bits per heavy atom. The summed E-state index contributed by atoms with van der Waals surface area (Å²) < 4.78 is 0. The van der Waals surface area contributed by atoms with Crippen LogP contribution in [-0.4, -0.2) is 54.7 Å². The van der Waals surface area contributed by atoms with Gasteiger partial charge in [0, 0.05) is 49.5 Å². The first kappa shape index (κ1) is 21.4. The number of likely N-dealkylation sites (tertiary alicyclic amines) is 1. The number of piperidine rings is 1. The van der Waals surface area contributed by atoms with Crippen LogP contribution in [0.25, 0.3) is 0 Å². The number of amides is 3. The van der Waals surface area contributed by atoms with Crippen molar-refractivity contribution in [2.75, 3.05) is 35.8 Å². The predicted octanol–water partition coefficient (Wildman–Crippen LogP) is 3.47. The molecule has 0 aliphatic carbocycles. The number of carbonyl (C=O) groups excluding carboxylic acids is 3. The number of benzene rings is 2. The zero-order valence-electron chi connectivity index (χ0n) is 17.6. The Labute approximate surface area is 187 Å². The van der Waals surface area contributed by atoms with Crippen LogP contribution >= 0.6 is 11.6 Å². The van der Waals surface area contributed by atoms with Crippen molar-refractivity contribution in [3.05, 3.63) is 59.7 Å². The number of halogens is 1. The number of carbonyl (C=O) groups is 3. The molecule has 0 radical (unpaired) electrons. The van der Waals surface area contributed by atoms with Crippen molar-refractivity contribution < 1.29 is 14.4 Å². The molecule has 1 fully saturated rings. The quantitative estimate of drug-likeness (QED) is 0.685. The summed E-state index contributed by atoms with van der Waals surface area (Å²) in [4.78, 5) is 42.6. The lowest BCUT2D eigenvalue weighted by Gasteiger charge is -2.41. The highest BCUT2D eigenvalue weighted by Crippen LogP contribution is 2.32. The van der Waals surface area contributed by atoms with E-state index < -0.39 is 0 Å². The maximum atomic E-state index is 13.0. The van der Waals surface area contributed by atoms with Gasteiger partial charge >= 0.3 is 0 Å². The second-order valence-corrected chi connectivity index (χ2v) is 8.32. The number of hydrogen-bond acceptors (Lipinski definition) is 3. The zero-order chi connectivity index (χ0) is 22.0. The predicted molar refractivity (Wildman–Crippen MR) is 122 cm³/mol. The van der Waals surface area contributed by atoms with Crippen LogP contribution in [-0.2, 0) is 16.0 Å². The van der Waals surface area contributed by atoms with Crippen LogP contribution in [0.3, 0.4) is 0 Å². The smallest absolute Gasteiger partial charge is 0.253 e. The van der Waals surface area contributed by atoms with E-state index in [-0.39, 0.29) is 29.6 Å². The van der Waals surface area contributed by atoms with Gasteiger partial charge in [0.25, 0.3) is 5.91 Å². The van der Waals surface area contributed by atoms with E-state index in [2.05, 4.69) is 6.07 Å². The van der Waals surface area contributed by atoms with Gasteiger partial charge in [0.1, 0.15) is 5.88 Å². The molecule has 0 unspecified atom stereocenters. The number of para-hydroxylation sites is 1. The topological polar surface area (TPSA) is 60.9 Å². The van der Waals surface area contributed by atoms with Crippen molar-refractivity contribution in [1.29, 1.82) is 0 Å². The highest BCUT2D eigenvalue weighted by atomic mass is 35.5. The van der Waals surface area contributed by atoms with Crippen LogP contribution in [0, 0.1) is 0 Å². The highest BCUT2D eigenvalue weighted by Gasteiger charge is 2.33. The maximum absolute atomic E-state index is 13.0. The van der Waals surface area contributed by atoms with E-state index in [4.69, 9.17) is 11.6 Å². The molecule has 1 saturated heterocycles. The molecule has 3 amide bonds. The molecule has 162 valence electrons. The number of anilines is 2. The second-order valence-electron chi connectivity index (χ2n) is 8.05. The lowest BCUT2D eigenvalue weighted by atomic mass is 9.95. The Balaban J connectivity index is 1.41. The molecule has 0 atom stereocenters. The van der Waals surface area contributed by atoms with Gasteiger partial charge in [0.15, 0.2) is 0 Å². The van der Waals surface area contributed by atoms with Crippen molar-refractivity contribution in [3.8, 4) is 0 Å². The van der Waals surface area contributed by atoms with Crippen LogP contribution in [0.5, 0.6) is 0 Å². The molecule has 0 N–H and O–H groups in total. The van der Waals surface area contributed by atoms with E-state index >= 15 is 0 Å². The minimum atomic E-state index is -0.198. The van der Waals surface area contributed by atoms with Crippen LogP contribution in [0.4, 0.5) is 11.4 Å². The van der Waals surface area contributed by atoms with Gasteiger partial charge < -0.3 is 14.7 Å². The minimum Gasteiger partial charge on any atom is -0.338 e. The third kappa shape index (κ3) is 4.30. The molecule has 2 aliphatic rings. The summed E-state index contributed by atoms with van der Waals surface area (Å²) >= 11 is 5.61. The molecule has 2 aromatic carbocycles. The Kier molecular flexibility index (Phi) is 6.28. The molecule has 2 aliphatic heterocycles. The van der Waals surface area contributed by atoms with Gasteiger partial charge in [0.2, 0.25) is 11.8 Å². The number of nitrogens with zero attached hydrogens (tertiary/aromatic N) is 3. The Hall–Kier alpha value is -2.86. The summed E-state index contributed by atoms with van der Waals surface area (Å²) in [6.07, 6.45) is 2.86. The van der Waals surface area contributed by atoms with E-state index in [9.17, 15) is 14.4 Å². The van der Waals surface area contributed by atoms with Crippen LogP contribution in [0.1, 0.15) is 35.2 Å². The first-order valence-electron chi connectivity index (χ1n) is 10.6. The molecule has 6 nitrogen and oxygen atoms in total. The SMILES string of the molecule is CN(C(=O)CCl)c1ccc(C(=O)N2CCC(N3C(=O)CCc4ccccc43)CC2)cc1. The molecular weight excluding hydrogens is 414 g/mol. The standard InChI is InChI=1S/C24H26ClN3O3/c1-26(23(30)16-25)19-9-6-18(7-10-19)24(31)27-14-12-20(13-15-27)28-21-5-3-2-4-17(21)8-11-22(28)29/h2-7,9-10,20H,8,11-16H2,1H3. The van der Waals surface area contributed by atoms with Crippen LogP contribution in [0.15, 0.2) is 48.5 Å². The summed E-state index contributed by atoms with van der Waals surface area (Å²) in [5.41, 5.74) is 3.53. The van der Waals surface area contributed by atoms with E-state index in [1.807, 2.05) is 28.0 Å². The van der Waals surface area contributed by atoms with Gasteiger partial charge in [-0.15, -0.1) is 11.6 Å². The summed E-state index contributed by atoms with van der Waals surface area (Å²) in [7, 11) is 1.66. The molecule has 2 aromatic rings. The zero-order valence-corrected chi connectivity index (χ0v) is 18.3. The summed E-state index contributed by atoms with van der Waals surface area (Å²) in [5.74, 6) is -0.135. The molecular formula is C24H26ClN3O3. The number of aryl methyl sites for hydroxylation is 1. The van der Waals surface area contributed by atoms with Crippen molar-refractivity contribution in [1.82, 2.24) is 4.90 Å². The maximum Gasteiger partial charge on any atom is 0.253 e. The van der Waals surface area contributed by atoms with Crippen molar-refractivity contribution in [3.63, 3.8) is 0 Å². The van der Waals surface area contributed by atoms with Crippen molar-refractivity contribution in [2.45, 2.75) is 31.7 Å². The normalized spacial score (nSPS) is 16.8. The fraction of sp³-hybridized carbons (Fsp3) is 0.375. The van der Waals surface area contributed by atoms with E-state index in [0.29, 0.717) is 30.8 Å². The van der Waals surface area contributed by atoms with E-state index in [1.54, 1.807) is 31.3 Å². The molecule has 31 heavy (non-hydrogen) atoms. The Morgan fingerprint density at radius 3 is 2.39 bits per heavy atom. The monoisotopic (exact) mass is 439 g/mol. The van der Waals surface area contributed by atoms with E-state index in [1.165, 1.54) is 10.5 Å². The average Bonchev–Trinajstić information content (AvgIpc) is 2.83. The van der Waals surface area contributed by atoms with Gasteiger partial charge in [0.05, 0.1) is 0 Å². The van der Waals surface area contributed by atoms with Gasteiger partial charge in [-0.1, -0.05) is 18.2 Å². The molecule has 0 bridgehead atoms. The number of rotatable bonds is 4. The fourth-order valence-electron chi connectivity index (χ4n) is 4.42. The Morgan fingerprint density at radius 1 is 1.03 bits per heavy atom. The Bertz CT molecular complexity index is 984. The second kappa shape index (κ2) is 9.10. The number of hydrogen-bond donors (Lipinski definition) is 0. The van der Waals surface area contributed by atoms with Gasteiger partial charge in [-0.2, -0.15) is 0 Å². The third-order valence-electron chi connectivity index (χ3n) is 6.23. The lowest BCUT2D eigenvalue weighted by molar-refractivity contribution is -0.119. The van der Waals surface area contributed by atoms with E-state index in [0.717, 1.165) is 24.9 Å². The molecule has 7 heteroatoms. The molecule has 4 rings (SSSR count). The molecule has 0 saturated carbocycles. The number of fused-ring (bicyclic) bond motifs is 1. The molecule has 2 heterocycles. The highest BCUT2D eigenvalue weighted by molar-refractivity contribution is 6.29. The van der Waals surface area contributed by atoms with Crippen LogP contribution < -0.4 is 9.80 Å². The van der Waals surface area contributed by atoms with Crippen molar-refractivity contribution in [2.24, 2.45) is 0 Å². The first-order chi connectivity index (χ1) is 15.0. The van der Waals surface area contributed by atoms with Gasteiger partial charge in [-0.3, -0.25) is 14.4 Å².